The molecule has 0 aliphatic heterocycles. The number of rotatable bonds is 2. The summed E-state index contributed by atoms with van der Waals surface area (Å²) in [6.45, 7) is 6.00. The third-order valence-corrected chi connectivity index (χ3v) is 3.17. The SMILES string of the molecule is CCc1nc2c(C)cc(F)cc2c(NC)c1C. The molecule has 0 aliphatic rings. The Bertz CT molecular complexity index is 576. The van der Waals surface area contributed by atoms with Gasteiger partial charge >= 0.3 is 0 Å². The molecular formula is C14H17FN2. The number of halogens is 1. The van der Waals surface area contributed by atoms with Crippen molar-refractivity contribution in [3.8, 4) is 0 Å². The minimum absolute atomic E-state index is 0.211. The molecule has 17 heavy (non-hydrogen) atoms. The Morgan fingerprint density at radius 3 is 2.59 bits per heavy atom. The lowest BCUT2D eigenvalue weighted by atomic mass is 10.0. The van der Waals surface area contributed by atoms with E-state index >= 15 is 0 Å². The van der Waals surface area contributed by atoms with Crippen LogP contribution in [0.1, 0.15) is 23.7 Å². The van der Waals surface area contributed by atoms with E-state index in [9.17, 15) is 4.39 Å². The second-order valence-electron chi connectivity index (χ2n) is 4.28. The molecule has 2 rings (SSSR count). The van der Waals surface area contributed by atoms with Crippen molar-refractivity contribution in [1.82, 2.24) is 4.98 Å². The molecular weight excluding hydrogens is 215 g/mol. The predicted molar refractivity (Wildman–Crippen MR) is 70.1 cm³/mol. The second-order valence-corrected chi connectivity index (χ2v) is 4.28. The van der Waals surface area contributed by atoms with Gasteiger partial charge in [-0.05, 0) is 43.5 Å². The van der Waals surface area contributed by atoms with Gasteiger partial charge in [0.1, 0.15) is 5.82 Å². The van der Waals surface area contributed by atoms with E-state index in [0.717, 1.165) is 39.8 Å². The molecule has 0 amide bonds. The van der Waals surface area contributed by atoms with Crippen LogP contribution in [0.3, 0.4) is 0 Å². The van der Waals surface area contributed by atoms with Crippen LogP contribution in [-0.4, -0.2) is 12.0 Å². The molecule has 0 saturated carbocycles. The second kappa shape index (κ2) is 4.32. The van der Waals surface area contributed by atoms with Crippen LogP contribution in [-0.2, 0) is 6.42 Å². The maximum atomic E-state index is 13.5. The highest BCUT2D eigenvalue weighted by Gasteiger charge is 2.12. The summed E-state index contributed by atoms with van der Waals surface area (Å²) in [5, 5.41) is 4.02. The number of nitrogens with one attached hydrogen (secondary N) is 1. The maximum absolute atomic E-state index is 13.5. The summed E-state index contributed by atoms with van der Waals surface area (Å²) in [5.41, 5.74) is 4.92. The topological polar surface area (TPSA) is 24.9 Å². The van der Waals surface area contributed by atoms with E-state index in [1.807, 2.05) is 20.9 Å². The fourth-order valence-corrected chi connectivity index (χ4v) is 2.31. The molecule has 0 bridgehead atoms. The van der Waals surface area contributed by atoms with Gasteiger partial charge in [-0.25, -0.2) is 4.39 Å². The molecule has 90 valence electrons. The van der Waals surface area contributed by atoms with Crippen molar-refractivity contribution in [2.45, 2.75) is 27.2 Å². The first-order chi connectivity index (χ1) is 8.08. The summed E-state index contributed by atoms with van der Waals surface area (Å²) >= 11 is 0. The van der Waals surface area contributed by atoms with Gasteiger partial charge in [-0.1, -0.05) is 6.92 Å². The Morgan fingerprint density at radius 1 is 1.29 bits per heavy atom. The van der Waals surface area contributed by atoms with Crippen LogP contribution in [0.5, 0.6) is 0 Å². The summed E-state index contributed by atoms with van der Waals surface area (Å²) < 4.78 is 13.5. The predicted octanol–water partition coefficient (Wildman–Crippen LogP) is 3.59. The first kappa shape index (κ1) is 11.8. The smallest absolute Gasteiger partial charge is 0.124 e. The van der Waals surface area contributed by atoms with Crippen molar-refractivity contribution in [3.05, 3.63) is 34.8 Å². The Labute approximate surface area is 101 Å². The van der Waals surface area contributed by atoms with Crippen LogP contribution in [0.2, 0.25) is 0 Å². The van der Waals surface area contributed by atoms with Crippen molar-refractivity contribution in [2.24, 2.45) is 0 Å². The molecule has 1 heterocycles. The highest BCUT2D eigenvalue weighted by Crippen LogP contribution is 2.30. The highest BCUT2D eigenvalue weighted by molar-refractivity contribution is 5.95. The number of fused-ring (bicyclic) bond motifs is 1. The molecule has 0 spiro atoms. The molecule has 1 aromatic carbocycles. The number of aromatic nitrogens is 1. The molecule has 0 fully saturated rings. The minimum Gasteiger partial charge on any atom is -0.387 e. The van der Waals surface area contributed by atoms with E-state index in [1.165, 1.54) is 6.07 Å². The van der Waals surface area contributed by atoms with Gasteiger partial charge in [0.25, 0.3) is 0 Å². The van der Waals surface area contributed by atoms with Gasteiger partial charge in [-0.15, -0.1) is 0 Å². The zero-order valence-electron chi connectivity index (χ0n) is 10.7. The van der Waals surface area contributed by atoms with E-state index in [4.69, 9.17) is 0 Å². The molecule has 0 radical (unpaired) electrons. The van der Waals surface area contributed by atoms with Gasteiger partial charge in [0, 0.05) is 23.8 Å². The number of benzene rings is 1. The van der Waals surface area contributed by atoms with Crippen LogP contribution < -0.4 is 5.32 Å². The number of nitrogens with zero attached hydrogens (tertiary/aromatic N) is 1. The lowest BCUT2D eigenvalue weighted by molar-refractivity contribution is 0.628. The molecule has 3 heteroatoms. The molecule has 0 aliphatic carbocycles. The van der Waals surface area contributed by atoms with Gasteiger partial charge < -0.3 is 5.32 Å². The quantitative estimate of drug-likeness (QED) is 0.855. The van der Waals surface area contributed by atoms with E-state index in [0.29, 0.717) is 0 Å². The number of anilines is 1. The Morgan fingerprint density at radius 2 is 2.00 bits per heavy atom. The fourth-order valence-electron chi connectivity index (χ4n) is 2.31. The normalized spacial score (nSPS) is 10.9. The first-order valence-electron chi connectivity index (χ1n) is 5.85. The Balaban J connectivity index is 2.92. The Hall–Kier alpha value is -1.64. The average Bonchev–Trinajstić information content (AvgIpc) is 2.28. The van der Waals surface area contributed by atoms with Crippen LogP contribution in [0, 0.1) is 19.7 Å². The standard InChI is InChI=1S/C14H17FN2/c1-5-12-9(3)14(16-4)11-7-10(15)6-8(2)13(11)17-12/h6-7H,5H2,1-4H3,(H,16,17). The van der Waals surface area contributed by atoms with Crippen LogP contribution in [0.25, 0.3) is 10.9 Å². The van der Waals surface area contributed by atoms with Crippen molar-refractivity contribution in [1.29, 1.82) is 0 Å². The lowest BCUT2D eigenvalue weighted by Crippen LogP contribution is -2.02. The number of aryl methyl sites for hydroxylation is 2. The third-order valence-electron chi connectivity index (χ3n) is 3.17. The van der Waals surface area contributed by atoms with Crippen molar-refractivity contribution >= 4 is 16.6 Å². The summed E-state index contributed by atoms with van der Waals surface area (Å²) in [6.07, 6.45) is 0.882. The molecule has 2 nitrogen and oxygen atoms in total. The van der Waals surface area contributed by atoms with Gasteiger partial charge in [0.05, 0.1) is 5.52 Å². The summed E-state index contributed by atoms with van der Waals surface area (Å²) in [6, 6.07) is 3.08. The van der Waals surface area contributed by atoms with Crippen LogP contribution in [0.15, 0.2) is 12.1 Å². The average molecular weight is 232 g/mol. The molecule has 0 unspecified atom stereocenters. The van der Waals surface area contributed by atoms with E-state index in [1.54, 1.807) is 6.07 Å². The van der Waals surface area contributed by atoms with Crippen molar-refractivity contribution in [3.63, 3.8) is 0 Å². The third kappa shape index (κ3) is 1.86. The van der Waals surface area contributed by atoms with Gasteiger partial charge in [0.2, 0.25) is 0 Å². The van der Waals surface area contributed by atoms with E-state index in [2.05, 4.69) is 17.2 Å². The first-order valence-corrected chi connectivity index (χ1v) is 5.85. The van der Waals surface area contributed by atoms with Gasteiger partial charge in [0.15, 0.2) is 0 Å². The maximum Gasteiger partial charge on any atom is 0.124 e. The summed E-state index contributed by atoms with van der Waals surface area (Å²) in [7, 11) is 1.86. The van der Waals surface area contributed by atoms with Crippen molar-refractivity contribution < 1.29 is 4.39 Å². The van der Waals surface area contributed by atoms with Crippen LogP contribution >= 0.6 is 0 Å². The molecule has 1 aromatic heterocycles. The zero-order valence-corrected chi connectivity index (χ0v) is 10.7. The van der Waals surface area contributed by atoms with E-state index in [-0.39, 0.29) is 5.82 Å². The van der Waals surface area contributed by atoms with Gasteiger partial charge in [-0.3, -0.25) is 4.98 Å². The van der Waals surface area contributed by atoms with Gasteiger partial charge in [-0.2, -0.15) is 0 Å². The van der Waals surface area contributed by atoms with Crippen molar-refractivity contribution in [2.75, 3.05) is 12.4 Å². The Kier molecular flexibility index (Phi) is 3.01. The fraction of sp³-hybridized carbons (Fsp3) is 0.357. The van der Waals surface area contributed by atoms with E-state index < -0.39 is 0 Å². The largest absolute Gasteiger partial charge is 0.387 e. The highest BCUT2D eigenvalue weighted by atomic mass is 19.1. The lowest BCUT2D eigenvalue weighted by Gasteiger charge is -2.14. The number of hydrogen-bond acceptors (Lipinski definition) is 2. The molecule has 2 aromatic rings. The monoisotopic (exact) mass is 232 g/mol. The minimum atomic E-state index is -0.211. The molecule has 0 saturated heterocycles. The van der Waals surface area contributed by atoms with Crippen LogP contribution in [0.4, 0.5) is 10.1 Å². The number of pyridine rings is 1. The zero-order chi connectivity index (χ0) is 12.6. The summed E-state index contributed by atoms with van der Waals surface area (Å²) in [4.78, 5) is 4.64. The molecule has 1 N–H and O–H groups in total. The summed E-state index contributed by atoms with van der Waals surface area (Å²) in [5.74, 6) is -0.211. The number of hydrogen-bond donors (Lipinski definition) is 1. The molecule has 0 atom stereocenters.